The average Bonchev–Trinajstić information content (AvgIpc) is 2.18. The molecule has 0 fully saturated rings. The molecule has 0 aliphatic carbocycles. The van der Waals surface area contributed by atoms with Gasteiger partial charge >= 0.3 is 0 Å². The molecule has 0 saturated heterocycles. The highest BCUT2D eigenvalue weighted by Gasteiger charge is 2.04. The van der Waals surface area contributed by atoms with Crippen LogP contribution in [-0.2, 0) is 18.5 Å². The molecule has 0 aromatic heterocycles. The van der Waals surface area contributed by atoms with Crippen molar-refractivity contribution in [3.8, 4) is 0 Å². The zero-order chi connectivity index (χ0) is 12.4. The smallest absolute Gasteiger partial charge is 0.232 e. The van der Waals surface area contributed by atoms with Gasteiger partial charge in [0.25, 0.3) is 0 Å². The molecule has 1 atom stereocenters. The van der Waals surface area contributed by atoms with Crippen LogP contribution in [0.4, 0.5) is 0 Å². The van der Waals surface area contributed by atoms with Crippen LogP contribution in [0.2, 0.25) is 0 Å². The third-order valence-corrected chi connectivity index (χ3v) is 3.23. The summed E-state index contributed by atoms with van der Waals surface area (Å²) in [6.07, 6.45) is 2.35. The van der Waals surface area contributed by atoms with Gasteiger partial charge in [0.1, 0.15) is 0 Å². The highest BCUT2D eigenvalue weighted by molar-refractivity contribution is 8.13. The van der Waals surface area contributed by atoms with Crippen LogP contribution in [0, 0.1) is 0 Å². The highest BCUT2D eigenvalue weighted by Crippen LogP contribution is 2.04. The molecule has 0 spiro atoms. The van der Waals surface area contributed by atoms with E-state index in [1.165, 1.54) is 0 Å². The van der Waals surface area contributed by atoms with Crippen LogP contribution in [0.5, 0.6) is 0 Å². The second-order valence-corrected chi connectivity index (χ2v) is 6.54. The van der Waals surface area contributed by atoms with Crippen LogP contribution in [0.15, 0.2) is 0 Å². The molecule has 0 aliphatic rings. The Morgan fingerprint density at radius 2 is 1.94 bits per heavy atom. The van der Waals surface area contributed by atoms with Crippen LogP contribution in [0.3, 0.4) is 0 Å². The SMILES string of the molecule is CCOCC(C)OCCCCCS(=O)(=O)Cl. The van der Waals surface area contributed by atoms with Gasteiger partial charge in [0, 0.05) is 23.9 Å². The number of hydrogen-bond donors (Lipinski definition) is 0. The lowest BCUT2D eigenvalue weighted by atomic mass is 10.3. The van der Waals surface area contributed by atoms with E-state index < -0.39 is 9.05 Å². The van der Waals surface area contributed by atoms with Crippen LogP contribution in [-0.4, -0.2) is 40.1 Å². The van der Waals surface area contributed by atoms with Crippen molar-refractivity contribution in [1.82, 2.24) is 0 Å². The summed E-state index contributed by atoms with van der Waals surface area (Å²) >= 11 is 0. The van der Waals surface area contributed by atoms with E-state index in [-0.39, 0.29) is 11.9 Å². The molecule has 0 bridgehead atoms. The van der Waals surface area contributed by atoms with Gasteiger partial charge in [-0.05, 0) is 26.7 Å². The summed E-state index contributed by atoms with van der Waals surface area (Å²) in [6, 6.07) is 0. The Bertz CT molecular complexity index is 254. The van der Waals surface area contributed by atoms with Gasteiger partial charge in [-0.25, -0.2) is 8.42 Å². The molecule has 98 valence electrons. The molecule has 0 saturated carbocycles. The van der Waals surface area contributed by atoms with E-state index in [9.17, 15) is 8.42 Å². The van der Waals surface area contributed by atoms with Crippen molar-refractivity contribution < 1.29 is 17.9 Å². The number of halogens is 1. The van der Waals surface area contributed by atoms with Gasteiger partial charge in [-0.3, -0.25) is 0 Å². The summed E-state index contributed by atoms with van der Waals surface area (Å²) in [5.41, 5.74) is 0. The van der Waals surface area contributed by atoms with E-state index in [1.54, 1.807) is 0 Å². The molecule has 0 radical (unpaired) electrons. The topological polar surface area (TPSA) is 52.6 Å². The van der Waals surface area contributed by atoms with E-state index in [2.05, 4.69) is 0 Å². The number of ether oxygens (including phenoxy) is 2. The standard InChI is InChI=1S/C10H21ClO4S/c1-3-14-9-10(2)15-7-5-4-6-8-16(11,12)13/h10H,3-9H2,1-2H3. The largest absolute Gasteiger partial charge is 0.379 e. The van der Waals surface area contributed by atoms with Crippen LogP contribution in [0.1, 0.15) is 33.1 Å². The van der Waals surface area contributed by atoms with Crippen molar-refractivity contribution in [2.75, 3.05) is 25.6 Å². The average molecular weight is 273 g/mol. The lowest BCUT2D eigenvalue weighted by molar-refractivity contribution is -0.00447. The third kappa shape index (κ3) is 12.2. The van der Waals surface area contributed by atoms with Gasteiger partial charge in [-0.2, -0.15) is 0 Å². The monoisotopic (exact) mass is 272 g/mol. The molecular weight excluding hydrogens is 252 g/mol. The molecule has 0 aliphatic heterocycles. The molecule has 0 aromatic carbocycles. The molecule has 1 unspecified atom stereocenters. The van der Waals surface area contributed by atoms with Gasteiger partial charge in [-0.15, -0.1) is 0 Å². The van der Waals surface area contributed by atoms with Gasteiger partial charge < -0.3 is 9.47 Å². The Hall–Kier alpha value is 0.160. The summed E-state index contributed by atoms with van der Waals surface area (Å²) in [5.74, 6) is 0.0447. The molecule has 4 nitrogen and oxygen atoms in total. The first-order chi connectivity index (χ1) is 7.45. The fourth-order valence-corrected chi connectivity index (χ4v) is 2.05. The second kappa shape index (κ2) is 9.22. The zero-order valence-corrected chi connectivity index (χ0v) is 11.5. The predicted octanol–water partition coefficient (Wildman–Crippen LogP) is 2.17. The van der Waals surface area contributed by atoms with Crippen molar-refractivity contribution in [2.24, 2.45) is 0 Å². The second-order valence-electron chi connectivity index (χ2n) is 3.64. The number of rotatable bonds is 10. The van der Waals surface area contributed by atoms with Gasteiger partial charge in [-0.1, -0.05) is 6.42 Å². The summed E-state index contributed by atoms with van der Waals surface area (Å²) in [5, 5.41) is 0. The summed E-state index contributed by atoms with van der Waals surface area (Å²) < 4.78 is 31.9. The van der Waals surface area contributed by atoms with Gasteiger partial charge in [0.2, 0.25) is 9.05 Å². The quantitative estimate of drug-likeness (QED) is 0.452. The first-order valence-corrected chi connectivity index (χ1v) is 8.05. The van der Waals surface area contributed by atoms with Crippen LogP contribution >= 0.6 is 10.7 Å². The van der Waals surface area contributed by atoms with Crippen LogP contribution < -0.4 is 0 Å². The Labute approximate surface area is 103 Å². The molecule has 0 amide bonds. The van der Waals surface area contributed by atoms with Crippen molar-refractivity contribution in [3.05, 3.63) is 0 Å². The van der Waals surface area contributed by atoms with E-state index >= 15 is 0 Å². The van der Waals surface area contributed by atoms with E-state index in [1.807, 2.05) is 13.8 Å². The van der Waals surface area contributed by atoms with E-state index in [0.717, 1.165) is 12.8 Å². The Balaban J connectivity index is 3.27. The Morgan fingerprint density at radius 1 is 1.25 bits per heavy atom. The highest BCUT2D eigenvalue weighted by atomic mass is 35.7. The molecule has 0 aromatic rings. The first kappa shape index (κ1) is 16.2. The minimum atomic E-state index is -3.33. The molecule has 0 N–H and O–H groups in total. The number of hydrogen-bond acceptors (Lipinski definition) is 4. The minimum Gasteiger partial charge on any atom is -0.379 e. The zero-order valence-electron chi connectivity index (χ0n) is 9.95. The van der Waals surface area contributed by atoms with Crippen molar-refractivity contribution >= 4 is 19.7 Å². The summed E-state index contributed by atoms with van der Waals surface area (Å²) in [6.45, 7) is 5.84. The lowest BCUT2D eigenvalue weighted by Gasteiger charge is -2.12. The number of unbranched alkanes of at least 4 members (excludes halogenated alkanes) is 2. The van der Waals surface area contributed by atoms with Crippen molar-refractivity contribution in [2.45, 2.75) is 39.2 Å². The fourth-order valence-electron chi connectivity index (χ4n) is 1.17. The van der Waals surface area contributed by atoms with Crippen molar-refractivity contribution in [3.63, 3.8) is 0 Å². The maximum absolute atomic E-state index is 10.6. The Morgan fingerprint density at radius 3 is 2.50 bits per heavy atom. The maximum atomic E-state index is 10.6. The van der Waals surface area contributed by atoms with Gasteiger partial charge in [0.15, 0.2) is 0 Å². The van der Waals surface area contributed by atoms with E-state index in [4.69, 9.17) is 20.2 Å². The molecular formula is C10H21ClO4S. The van der Waals surface area contributed by atoms with E-state index in [0.29, 0.717) is 26.2 Å². The minimum absolute atomic E-state index is 0.0447. The molecule has 0 rings (SSSR count). The maximum Gasteiger partial charge on any atom is 0.232 e. The molecule has 0 heterocycles. The van der Waals surface area contributed by atoms with Crippen LogP contribution in [0.25, 0.3) is 0 Å². The third-order valence-electron chi connectivity index (χ3n) is 1.99. The van der Waals surface area contributed by atoms with Gasteiger partial charge in [0.05, 0.1) is 18.5 Å². The fraction of sp³-hybridized carbons (Fsp3) is 1.00. The summed E-state index contributed by atoms with van der Waals surface area (Å²) in [7, 11) is 1.75. The first-order valence-electron chi connectivity index (χ1n) is 5.57. The lowest BCUT2D eigenvalue weighted by Crippen LogP contribution is -2.16. The Kier molecular flexibility index (Phi) is 9.31. The molecule has 16 heavy (non-hydrogen) atoms. The normalized spacial score (nSPS) is 13.9. The van der Waals surface area contributed by atoms with Crippen molar-refractivity contribution in [1.29, 1.82) is 0 Å². The molecule has 6 heteroatoms. The summed E-state index contributed by atoms with van der Waals surface area (Å²) in [4.78, 5) is 0. The predicted molar refractivity (Wildman–Crippen MR) is 65.4 cm³/mol.